The van der Waals surface area contributed by atoms with Crippen LogP contribution in [-0.2, 0) is 28.7 Å². The number of benzene rings is 4. The molecule has 0 atom stereocenters. The fourth-order valence-electron chi connectivity index (χ4n) is 4.98. The van der Waals surface area contributed by atoms with Gasteiger partial charge in [0.1, 0.15) is 36.2 Å². The first-order chi connectivity index (χ1) is 27.5. The minimum atomic E-state index is -0.699. The second-order valence-corrected chi connectivity index (χ2v) is 14.0. The van der Waals surface area contributed by atoms with Crippen LogP contribution in [0.4, 0.5) is 0 Å². The van der Waals surface area contributed by atoms with E-state index >= 15 is 0 Å². The van der Waals surface area contributed by atoms with Gasteiger partial charge >= 0.3 is 29.8 Å². The summed E-state index contributed by atoms with van der Waals surface area (Å²) in [4.78, 5) is 61.0. The van der Waals surface area contributed by atoms with Gasteiger partial charge in [-0.25, -0.2) is 24.0 Å². The summed E-state index contributed by atoms with van der Waals surface area (Å²) in [5.74, 6) is -1.33. The van der Waals surface area contributed by atoms with Gasteiger partial charge in [-0.1, -0.05) is 63.1 Å². The molecule has 0 radical (unpaired) electrons. The van der Waals surface area contributed by atoms with Crippen molar-refractivity contribution in [3.05, 3.63) is 150 Å². The smallest absolute Gasteiger partial charge is 0.343 e. The second kappa shape index (κ2) is 20.2. The molecule has 0 aliphatic carbocycles. The summed E-state index contributed by atoms with van der Waals surface area (Å²) in [5.41, 5.74) is 3.63. The Bertz CT molecular complexity index is 2180. The zero-order chi connectivity index (χ0) is 42.4. The molecule has 0 fully saturated rings. The first kappa shape index (κ1) is 43.7. The maximum absolute atomic E-state index is 12.6. The fraction of sp³-hybridized carbons (Fsp3) is 0.213. The van der Waals surface area contributed by atoms with Crippen molar-refractivity contribution in [3.63, 3.8) is 0 Å². The van der Waals surface area contributed by atoms with E-state index in [2.05, 4.69) is 19.7 Å². The van der Waals surface area contributed by atoms with Crippen LogP contribution in [0.15, 0.2) is 134 Å². The Balaban J connectivity index is 1.27. The Morgan fingerprint density at radius 1 is 0.621 bits per heavy atom. The van der Waals surface area contributed by atoms with Crippen LogP contribution in [0.3, 0.4) is 0 Å². The third kappa shape index (κ3) is 13.3. The summed E-state index contributed by atoms with van der Waals surface area (Å²) in [7, 11) is 0. The molecule has 0 spiro atoms. The number of ether oxygens (including phenoxy) is 6. The Kier molecular flexibility index (Phi) is 15.3. The van der Waals surface area contributed by atoms with E-state index in [-0.39, 0.29) is 53.6 Å². The third-order valence-corrected chi connectivity index (χ3v) is 8.50. The molecule has 0 unspecified atom stereocenters. The van der Waals surface area contributed by atoms with Gasteiger partial charge in [0.25, 0.3) is 0 Å². The Morgan fingerprint density at radius 3 is 1.67 bits per heavy atom. The average Bonchev–Trinajstić information content (AvgIpc) is 3.20. The minimum absolute atomic E-state index is 0.0172. The lowest BCUT2D eigenvalue weighted by Gasteiger charge is -2.28. The molecular formula is C47H46O11. The van der Waals surface area contributed by atoms with Crippen LogP contribution in [0.5, 0.6) is 23.0 Å². The van der Waals surface area contributed by atoms with Gasteiger partial charge in [-0.15, -0.1) is 0 Å². The van der Waals surface area contributed by atoms with Crippen molar-refractivity contribution in [2.75, 3.05) is 19.8 Å². The van der Waals surface area contributed by atoms with E-state index < -0.39 is 35.3 Å². The van der Waals surface area contributed by atoms with E-state index in [0.717, 1.165) is 16.7 Å². The first-order valence-electron chi connectivity index (χ1n) is 18.2. The van der Waals surface area contributed by atoms with Gasteiger partial charge in [-0.2, -0.15) is 0 Å². The molecule has 0 aliphatic heterocycles. The number of rotatable bonds is 18. The highest BCUT2D eigenvalue weighted by Gasteiger charge is 2.29. The number of hydrogen-bond acceptors (Lipinski definition) is 11. The molecule has 0 bridgehead atoms. The average molecular weight is 787 g/mol. The van der Waals surface area contributed by atoms with Crippen LogP contribution in [0.2, 0.25) is 0 Å². The quantitative estimate of drug-likeness (QED) is 0.0542. The van der Waals surface area contributed by atoms with Gasteiger partial charge in [-0.3, -0.25) is 0 Å². The van der Waals surface area contributed by atoms with E-state index in [0.29, 0.717) is 23.5 Å². The molecule has 11 nitrogen and oxygen atoms in total. The second-order valence-electron chi connectivity index (χ2n) is 14.0. The molecule has 11 heteroatoms. The molecule has 4 rings (SSSR count). The van der Waals surface area contributed by atoms with Crippen LogP contribution >= 0.6 is 0 Å². The van der Waals surface area contributed by atoms with Crippen molar-refractivity contribution in [1.29, 1.82) is 0 Å². The number of esters is 5. The normalized spacial score (nSPS) is 10.9. The van der Waals surface area contributed by atoms with Crippen molar-refractivity contribution < 1.29 is 52.4 Å². The summed E-state index contributed by atoms with van der Waals surface area (Å²) in [6.07, 6.45) is 3.40. The lowest BCUT2D eigenvalue weighted by Crippen LogP contribution is -2.33. The highest BCUT2D eigenvalue weighted by molar-refractivity contribution is 5.92. The van der Waals surface area contributed by atoms with Crippen molar-refractivity contribution in [2.45, 2.75) is 41.0 Å². The molecule has 0 heterocycles. The molecule has 300 valence electrons. The zero-order valence-corrected chi connectivity index (χ0v) is 33.3. The SMILES string of the molecule is C=C(C)C(=O)OCC(C)(CCOc1ccc(-c2ccc(/C=C/C(=O)Oc3ccc(OC(=O)c4ccc(OC(=O)C(=C)C)cc4)cc3C)cc2)cc1)COC(=O)C(=C)C. The Morgan fingerprint density at radius 2 is 1.14 bits per heavy atom. The number of carbonyl (C=O) groups excluding carboxylic acids is 5. The van der Waals surface area contributed by atoms with E-state index in [9.17, 15) is 24.0 Å². The lowest BCUT2D eigenvalue weighted by atomic mass is 9.89. The number of carbonyl (C=O) groups is 5. The predicted octanol–water partition coefficient (Wildman–Crippen LogP) is 9.00. The number of aryl methyl sites for hydroxylation is 1. The lowest BCUT2D eigenvalue weighted by molar-refractivity contribution is -0.149. The van der Waals surface area contributed by atoms with Crippen molar-refractivity contribution in [1.82, 2.24) is 0 Å². The molecule has 0 aliphatic rings. The summed E-state index contributed by atoms with van der Waals surface area (Å²) < 4.78 is 32.8. The topological polar surface area (TPSA) is 141 Å². The summed E-state index contributed by atoms with van der Waals surface area (Å²) >= 11 is 0. The summed E-state index contributed by atoms with van der Waals surface area (Å²) in [5, 5.41) is 0. The van der Waals surface area contributed by atoms with Crippen molar-refractivity contribution in [2.24, 2.45) is 5.41 Å². The Labute approximate surface area is 338 Å². The van der Waals surface area contributed by atoms with Crippen molar-refractivity contribution in [3.8, 4) is 34.1 Å². The van der Waals surface area contributed by atoms with Crippen LogP contribution < -0.4 is 18.9 Å². The molecule has 0 N–H and O–H groups in total. The van der Waals surface area contributed by atoms with Crippen LogP contribution in [0, 0.1) is 12.3 Å². The summed E-state index contributed by atoms with van der Waals surface area (Å²) in [6.45, 7) is 19.3. The van der Waals surface area contributed by atoms with Gasteiger partial charge in [0.2, 0.25) is 0 Å². The van der Waals surface area contributed by atoms with Crippen LogP contribution in [0.25, 0.3) is 17.2 Å². The van der Waals surface area contributed by atoms with Gasteiger partial charge in [0.05, 0.1) is 12.2 Å². The maximum Gasteiger partial charge on any atom is 0.343 e. The molecular weight excluding hydrogens is 741 g/mol. The van der Waals surface area contributed by atoms with Gasteiger partial charge < -0.3 is 28.4 Å². The minimum Gasteiger partial charge on any atom is -0.494 e. The maximum atomic E-state index is 12.6. The zero-order valence-electron chi connectivity index (χ0n) is 33.3. The Hall–Kier alpha value is -7.01. The van der Waals surface area contributed by atoms with Gasteiger partial charge in [-0.05, 0) is 117 Å². The highest BCUT2D eigenvalue weighted by atomic mass is 16.6. The van der Waals surface area contributed by atoms with Gasteiger partial charge in [0, 0.05) is 28.2 Å². The summed E-state index contributed by atoms with van der Waals surface area (Å²) in [6, 6.07) is 25.7. The van der Waals surface area contributed by atoms with E-state index in [1.54, 1.807) is 39.0 Å². The molecule has 0 amide bonds. The molecule has 58 heavy (non-hydrogen) atoms. The van der Waals surface area contributed by atoms with E-state index in [1.807, 2.05) is 55.5 Å². The molecule has 4 aromatic rings. The predicted molar refractivity (Wildman–Crippen MR) is 219 cm³/mol. The van der Waals surface area contributed by atoms with E-state index in [4.69, 9.17) is 28.4 Å². The van der Waals surface area contributed by atoms with Gasteiger partial charge in [0.15, 0.2) is 0 Å². The molecule has 0 aromatic heterocycles. The molecule has 0 saturated carbocycles. The standard InChI is InChI=1S/C47H46O11/c1-30(2)43(49)54-28-47(8,29-55-44(50)31(3)4)25-26-53-38-18-14-36(15-19-38)35-12-9-34(10-13-35)11-24-42(48)58-41-23-22-40(27-33(41)7)57-46(52)37-16-20-39(21-17-37)56-45(51)32(5)6/h9-24,27H,1,3,5,25-26,28-29H2,2,4,6-8H3/b24-11+. The highest BCUT2D eigenvalue weighted by Crippen LogP contribution is 2.28. The van der Waals surface area contributed by atoms with Crippen LogP contribution in [-0.4, -0.2) is 49.7 Å². The van der Waals surface area contributed by atoms with E-state index in [1.165, 1.54) is 43.3 Å². The largest absolute Gasteiger partial charge is 0.494 e. The number of hydrogen-bond donors (Lipinski definition) is 0. The first-order valence-corrected chi connectivity index (χ1v) is 18.2. The van der Waals surface area contributed by atoms with Crippen LogP contribution in [0.1, 0.15) is 55.6 Å². The monoisotopic (exact) mass is 786 g/mol. The van der Waals surface area contributed by atoms with Crippen molar-refractivity contribution >= 4 is 35.9 Å². The molecule has 0 saturated heterocycles. The molecule has 4 aromatic carbocycles. The third-order valence-electron chi connectivity index (χ3n) is 8.50. The fourth-order valence-corrected chi connectivity index (χ4v) is 4.98.